The van der Waals surface area contributed by atoms with E-state index in [4.69, 9.17) is 12.2 Å². The minimum absolute atomic E-state index is 0.638. The van der Waals surface area contributed by atoms with Crippen LogP contribution in [0.4, 0.5) is 0 Å². The van der Waals surface area contributed by atoms with Crippen molar-refractivity contribution in [3.05, 3.63) is 59.0 Å². The molecule has 94 valence electrons. The fourth-order valence-corrected chi connectivity index (χ4v) is 2.42. The minimum Gasteiger partial charge on any atom is -0.343 e. The van der Waals surface area contributed by atoms with Crippen LogP contribution >= 0.6 is 12.2 Å². The van der Waals surface area contributed by atoms with Gasteiger partial charge in [-0.3, -0.25) is 0 Å². The summed E-state index contributed by atoms with van der Waals surface area (Å²) in [7, 11) is 0. The lowest BCUT2D eigenvalue weighted by Gasteiger charge is -2.06. The van der Waals surface area contributed by atoms with Gasteiger partial charge in [-0.1, -0.05) is 55.5 Å². The Hall–Kier alpha value is -2.00. The SMILES string of the molecule is CCc1nc(=S)cc(-c2ccc3ccccc3c2)[nH]1. The van der Waals surface area contributed by atoms with Crippen LogP contribution in [0, 0.1) is 4.64 Å². The van der Waals surface area contributed by atoms with E-state index < -0.39 is 0 Å². The molecule has 0 atom stereocenters. The Morgan fingerprint density at radius 2 is 1.84 bits per heavy atom. The molecule has 0 aliphatic rings. The van der Waals surface area contributed by atoms with Crippen molar-refractivity contribution in [2.75, 3.05) is 0 Å². The Bertz CT molecular complexity index is 790. The smallest absolute Gasteiger partial charge is 0.130 e. The van der Waals surface area contributed by atoms with Gasteiger partial charge in [0.15, 0.2) is 0 Å². The second-order valence-corrected chi connectivity index (χ2v) is 4.91. The molecule has 0 spiro atoms. The average molecular weight is 266 g/mol. The molecule has 0 aliphatic heterocycles. The van der Waals surface area contributed by atoms with Crippen LogP contribution in [0.15, 0.2) is 48.5 Å². The molecule has 1 N–H and O–H groups in total. The number of hydrogen-bond acceptors (Lipinski definition) is 2. The van der Waals surface area contributed by atoms with Crippen molar-refractivity contribution in [2.24, 2.45) is 0 Å². The zero-order chi connectivity index (χ0) is 13.2. The van der Waals surface area contributed by atoms with Gasteiger partial charge in [-0.25, -0.2) is 4.98 Å². The van der Waals surface area contributed by atoms with Crippen LogP contribution in [-0.4, -0.2) is 9.97 Å². The van der Waals surface area contributed by atoms with E-state index in [-0.39, 0.29) is 0 Å². The summed E-state index contributed by atoms with van der Waals surface area (Å²) in [5, 5.41) is 2.48. The molecule has 19 heavy (non-hydrogen) atoms. The molecule has 2 nitrogen and oxygen atoms in total. The van der Waals surface area contributed by atoms with E-state index in [1.165, 1.54) is 10.8 Å². The van der Waals surface area contributed by atoms with Crippen molar-refractivity contribution in [1.29, 1.82) is 0 Å². The van der Waals surface area contributed by atoms with Crippen LogP contribution in [-0.2, 0) is 6.42 Å². The number of aryl methyl sites for hydroxylation is 1. The van der Waals surface area contributed by atoms with E-state index in [2.05, 4.69) is 59.4 Å². The number of fused-ring (bicyclic) bond motifs is 1. The molecule has 0 amide bonds. The third-order valence-electron chi connectivity index (χ3n) is 3.19. The van der Waals surface area contributed by atoms with Crippen molar-refractivity contribution in [3.8, 4) is 11.3 Å². The van der Waals surface area contributed by atoms with Gasteiger partial charge < -0.3 is 4.98 Å². The molecule has 3 aromatic rings. The third-order valence-corrected chi connectivity index (χ3v) is 3.40. The van der Waals surface area contributed by atoms with Gasteiger partial charge in [-0.15, -0.1) is 0 Å². The lowest BCUT2D eigenvalue weighted by atomic mass is 10.1. The van der Waals surface area contributed by atoms with E-state index in [0.29, 0.717) is 4.64 Å². The number of aromatic amines is 1. The number of hydrogen-bond donors (Lipinski definition) is 1. The minimum atomic E-state index is 0.638. The first-order valence-electron chi connectivity index (χ1n) is 6.35. The summed E-state index contributed by atoms with van der Waals surface area (Å²) in [6, 6.07) is 16.7. The summed E-state index contributed by atoms with van der Waals surface area (Å²) >= 11 is 5.22. The van der Waals surface area contributed by atoms with Gasteiger partial charge >= 0.3 is 0 Å². The summed E-state index contributed by atoms with van der Waals surface area (Å²) in [5.41, 5.74) is 2.17. The average Bonchev–Trinajstić information content (AvgIpc) is 2.46. The predicted molar refractivity (Wildman–Crippen MR) is 81.7 cm³/mol. The zero-order valence-electron chi connectivity index (χ0n) is 10.7. The normalized spacial score (nSPS) is 10.8. The molecule has 0 fully saturated rings. The van der Waals surface area contributed by atoms with Crippen LogP contribution in [0.5, 0.6) is 0 Å². The Morgan fingerprint density at radius 3 is 2.63 bits per heavy atom. The quantitative estimate of drug-likeness (QED) is 0.691. The van der Waals surface area contributed by atoms with Crippen LogP contribution in [0.2, 0.25) is 0 Å². The topological polar surface area (TPSA) is 28.7 Å². The molecule has 0 radical (unpaired) electrons. The lowest BCUT2D eigenvalue weighted by Crippen LogP contribution is -1.95. The van der Waals surface area contributed by atoms with E-state index in [9.17, 15) is 0 Å². The van der Waals surface area contributed by atoms with Crippen molar-refractivity contribution < 1.29 is 0 Å². The standard InChI is InChI=1S/C16H14N2S/c1-2-15-17-14(10-16(19)18-15)13-8-7-11-5-3-4-6-12(11)9-13/h3-10H,2H2,1H3,(H,17,18,19). The molecule has 1 heterocycles. The predicted octanol–water partition coefficient (Wildman–Crippen LogP) is 4.52. The molecule has 0 saturated carbocycles. The molecule has 1 aromatic heterocycles. The van der Waals surface area contributed by atoms with Crippen molar-refractivity contribution in [1.82, 2.24) is 9.97 Å². The van der Waals surface area contributed by atoms with Gasteiger partial charge in [0.1, 0.15) is 10.5 Å². The van der Waals surface area contributed by atoms with Crippen molar-refractivity contribution >= 4 is 23.0 Å². The first-order valence-corrected chi connectivity index (χ1v) is 6.76. The third kappa shape index (κ3) is 2.42. The second-order valence-electron chi connectivity index (χ2n) is 4.50. The monoisotopic (exact) mass is 266 g/mol. The molecule has 0 bridgehead atoms. The van der Waals surface area contributed by atoms with E-state index in [0.717, 1.165) is 23.5 Å². The molecule has 3 heteroatoms. The van der Waals surface area contributed by atoms with Crippen LogP contribution in [0.3, 0.4) is 0 Å². The molecule has 0 unspecified atom stereocenters. The highest BCUT2D eigenvalue weighted by Gasteiger charge is 2.02. The van der Waals surface area contributed by atoms with Gasteiger partial charge in [0.2, 0.25) is 0 Å². The fraction of sp³-hybridized carbons (Fsp3) is 0.125. The molecule has 3 rings (SSSR count). The van der Waals surface area contributed by atoms with Crippen molar-refractivity contribution in [2.45, 2.75) is 13.3 Å². The highest BCUT2D eigenvalue weighted by molar-refractivity contribution is 7.71. The van der Waals surface area contributed by atoms with Crippen molar-refractivity contribution in [3.63, 3.8) is 0 Å². The maximum absolute atomic E-state index is 5.22. The van der Waals surface area contributed by atoms with Gasteiger partial charge in [0, 0.05) is 12.1 Å². The lowest BCUT2D eigenvalue weighted by molar-refractivity contribution is 0.937. The van der Waals surface area contributed by atoms with E-state index >= 15 is 0 Å². The van der Waals surface area contributed by atoms with E-state index in [1.807, 2.05) is 6.07 Å². The van der Waals surface area contributed by atoms with E-state index in [1.54, 1.807) is 0 Å². The molecular formula is C16H14N2S. The second kappa shape index (κ2) is 4.94. The number of nitrogens with zero attached hydrogens (tertiary/aromatic N) is 1. The Balaban J connectivity index is 2.18. The van der Waals surface area contributed by atoms with Gasteiger partial charge in [0.05, 0.1) is 0 Å². The largest absolute Gasteiger partial charge is 0.343 e. The first-order chi connectivity index (χ1) is 9.26. The number of benzene rings is 2. The van der Waals surface area contributed by atoms with Crippen LogP contribution in [0.25, 0.3) is 22.0 Å². The Morgan fingerprint density at radius 1 is 1.05 bits per heavy atom. The summed E-state index contributed by atoms with van der Waals surface area (Å²) in [6.45, 7) is 2.07. The van der Waals surface area contributed by atoms with Gasteiger partial charge in [0.25, 0.3) is 0 Å². The molecule has 2 aromatic carbocycles. The first kappa shape index (κ1) is 12.1. The molecule has 0 saturated heterocycles. The number of aromatic nitrogens is 2. The fourth-order valence-electron chi connectivity index (χ4n) is 2.19. The summed E-state index contributed by atoms with van der Waals surface area (Å²) in [4.78, 5) is 7.64. The summed E-state index contributed by atoms with van der Waals surface area (Å²) < 4.78 is 0.638. The highest BCUT2D eigenvalue weighted by Crippen LogP contribution is 2.23. The zero-order valence-corrected chi connectivity index (χ0v) is 11.5. The number of rotatable bonds is 2. The summed E-state index contributed by atoms with van der Waals surface area (Å²) in [6.07, 6.45) is 0.852. The number of nitrogens with one attached hydrogen (secondary N) is 1. The van der Waals surface area contributed by atoms with Crippen LogP contribution in [0.1, 0.15) is 12.7 Å². The molecule has 0 aliphatic carbocycles. The summed E-state index contributed by atoms with van der Waals surface area (Å²) in [5.74, 6) is 0.927. The molecular weight excluding hydrogens is 252 g/mol. The number of H-pyrrole nitrogens is 1. The van der Waals surface area contributed by atoms with Gasteiger partial charge in [-0.05, 0) is 28.5 Å². The maximum atomic E-state index is 5.22. The maximum Gasteiger partial charge on any atom is 0.130 e. The Labute approximate surface area is 117 Å². The van der Waals surface area contributed by atoms with Crippen LogP contribution < -0.4 is 0 Å². The highest BCUT2D eigenvalue weighted by atomic mass is 32.1. The van der Waals surface area contributed by atoms with Gasteiger partial charge in [-0.2, -0.15) is 0 Å². The Kier molecular flexibility index (Phi) is 3.13.